The van der Waals surface area contributed by atoms with E-state index in [2.05, 4.69) is 25.9 Å². The predicted octanol–water partition coefficient (Wildman–Crippen LogP) is 1.89. The van der Waals surface area contributed by atoms with Crippen LogP contribution < -0.4 is 16.5 Å². The Labute approximate surface area is 218 Å². The van der Waals surface area contributed by atoms with Crippen molar-refractivity contribution in [2.24, 2.45) is 26.6 Å². The second kappa shape index (κ2) is 12.9. The van der Waals surface area contributed by atoms with E-state index in [-0.39, 0.29) is 18.9 Å². The standard InChI is InChI=1S/C26H38N8O3/c1-18-30-25(34(28)24(29-17-27)14-19-9-10-22(36-2)21(35)13-19)15-26(31-18)37-16-20-7-6-8-23(32-20)33-11-4-3-5-12-33/h6-10,13,18,21-22,35H,3-5,11-12,14-17,27-28H2,1-2H3. The minimum absolute atomic E-state index is 0.0720. The van der Waals surface area contributed by atoms with Crippen LogP contribution in [0.4, 0.5) is 5.82 Å². The average Bonchev–Trinajstić information content (AvgIpc) is 2.92. The summed E-state index contributed by atoms with van der Waals surface area (Å²) in [7, 11) is 1.56. The Kier molecular flexibility index (Phi) is 9.40. The Morgan fingerprint density at radius 3 is 2.78 bits per heavy atom. The lowest BCUT2D eigenvalue weighted by molar-refractivity contribution is 0.0410. The monoisotopic (exact) mass is 510 g/mol. The fourth-order valence-electron chi connectivity index (χ4n) is 4.61. The Hall–Kier alpha value is -3.12. The number of anilines is 1. The number of methoxy groups -OCH3 is 1. The molecule has 11 heteroatoms. The lowest BCUT2D eigenvalue weighted by Gasteiger charge is -2.28. The number of aliphatic hydroxyl groups excluding tert-OH is 1. The van der Waals surface area contributed by atoms with Crippen molar-refractivity contribution in [1.29, 1.82) is 0 Å². The molecule has 1 fully saturated rings. The van der Waals surface area contributed by atoms with E-state index in [1.165, 1.54) is 24.3 Å². The van der Waals surface area contributed by atoms with Crippen LogP contribution in [0.5, 0.6) is 0 Å². The van der Waals surface area contributed by atoms with Gasteiger partial charge in [-0.2, -0.15) is 0 Å². The largest absolute Gasteiger partial charge is 0.474 e. The van der Waals surface area contributed by atoms with Crippen molar-refractivity contribution in [3.63, 3.8) is 0 Å². The van der Waals surface area contributed by atoms with Crippen LogP contribution in [0.2, 0.25) is 0 Å². The minimum atomic E-state index is -0.739. The van der Waals surface area contributed by atoms with Crippen LogP contribution in [0.1, 0.15) is 44.7 Å². The van der Waals surface area contributed by atoms with Gasteiger partial charge in [-0.15, -0.1) is 0 Å². The second-order valence-corrected chi connectivity index (χ2v) is 9.30. The molecule has 0 saturated carbocycles. The molecule has 0 amide bonds. The van der Waals surface area contributed by atoms with Crippen molar-refractivity contribution in [1.82, 2.24) is 9.99 Å². The van der Waals surface area contributed by atoms with Gasteiger partial charge in [0, 0.05) is 26.6 Å². The molecule has 4 rings (SSSR count). The van der Waals surface area contributed by atoms with E-state index < -0.39 is 6.10 Å². The number of aromatic nitrogens is 1. The third-order valence-corrected chi connectivity index (χ3v) is 6.52. The molecule has 3 aliphatic rings. The van der Waals surface area contributed by atoms with E-state index in [9.17, 15) is 5.11 Å². The van der Waals surface area contributed by atoms with E-state index in [0.717, 1.165) is 30.2 Å². The first-order chi connectivity index (χ1) is 18.0. The van der Waals surface area contributed by atoms with Gasteiger partial charge in [-0.05, 0) is 50.0 Å². The highest BCUT2D eigenvalue weighted by molar-refractivity contribution is 6.09. The molecule has 3 heterocycles. The fraction of sp³-hybridized carbons (Fsp3) is 0.538. The average molecular weight is 511 g/mol. The molecule has 5 N–H and O–H groups in total. The number of hydrogen-bond acceptors (Lipinski definition) is 10. The maximum absolute atomic E-state index is 10.3. The first-order valence-corrected chi connectivity index (χ1v) is 12.8. The van der Waals surface area contributed by atoms with Crippen LogP contribution in [0.25, 0.3) is 0 Å². The number of nitrogens with two attached hydrogens (primary N) is 2. The molecular weight excluding hydrogens is 472 g/mol. The van der Waals surface area contributed by atoms with Crippen LogP contribution in [0.3, 0.4) is 0 Å². The molecule has 37 heavy (non-hydrogen) atoms. The molecule has 11 nitrogen and oxygen atoms in total. The predicted molar refractivity (Wildman–Crippen MR) is 145 cm³/mol. The van der Waals surface area contributed by atoms with Crippen molar-refractivity contribution >= 4 is 23.4 Å². The summed E-state index contributed by atoms with van der Waals surface area (Å²) in [6, 6.07) is 6.03. The minimum Gasteiger partial charge on any atom is -0.474 e. The van der Waals surface area contributed by atoms with Gasteiger partial charge in [0.2, 0.25) is 0 Å². The lowest BCUT2D eigenvalue weighted by atomic mass is 9.99. The van der Waals surface area contributed by atoms with Gasteiger partial charge in [-0.25, -0.2) is 20.8 Å². The third-order valence-electron chi connectivity index (χ3n) is 6.52. The Morgan fingerprint density at radius 2 is 2.05 bits per heavy atom. The summed E-state index contributed by atoms with van der Waals surface area (Å²) in [5.74, 6) is 9.11. The molecule has 1 aliphatic carbocycles. The van der Waals surface area contributed by atoms with Crippen molar-refractivity contribution in [3.8, 4) is 0 Å². The zero-order chi connectivity index (χ0) is 26.2. The molecule has 2 aliphatic heterocycles. The molecule has 1 saturated heterocycles. The lowest BCUT2D eigenvalue weighted by Crippen LogP contribution is -2.46. The molecule has 1 aromatic heterocycles. The Bertz CT molecular complexity index is 1080. The maximum Gasteiger partial charge on any atom is 0.193 e. The number of ether oxygens (including phenoxy) is 2. The zero-order valence-electron chi connectivity index (χ0n) is 21.7. The summed E-state index contributed by atoms with van der Waals surface area (Å²) in [4.78, 5) is 20.7. The van der Waals surface area contributed by atoms with Crippen LogP contribution in [0.15, 0.2) is 57.0 Å². The van der Waals surface area contributed by atoms with Crippen molar-refractivity contribution in [2.75, 3.05) is 31.8 Å². The van der Waals surface area contributed by atoms with E-state index >= 15 is 0 Å². The number of allylic oxidation sites excluding steroid dienone is 1. The molecular formula is C26H38N8O3. The summed E-state index contributed by atoms with van der Waals surface area (Å²) in [6.07, 6.45) is 8.36. The number of hydrazine groups is 1. The molecule has 0 aromatic carbocycles. The number of aliphatic hydroxyl groups is 1. The number of piperidine rings is 1. The first-order valence-electron chi connectivity index (χ1n) is 12.8. The summed E-state index contributed by atoms with van der Waals surface area (Å²) < 4.78 is 11.3. The molecule has 3 unspecified atom stereocenters. The maximum atomic E-state index is 10.3. The van der Waals surface area contributed by atoms with Gasteiger partial charge in [-0.1, -0.05) is 18.2 Å². The van der Waals surface area contributed by atoms with Gasteiger partial charge in [0.05, 0.1) is 18.8 Å². The highest BCUT2D eigenvalue weighted by atomic mass is 16.5. The Morgan fingerprint density at radius 1 is 1.24 bits per heavy atom. The van der Waals surface area contributed by atoms with Gasteiger partial charge in [-0.3, -0.25) is 10.0 Å². The highest BCUT2D eigenvalue weighted by Crippen LogP contribution is 2.20. The van der Waals surface area contributed by atoms with Crippen molar-refractivity contribution in [3.05, 3.63) is 47.7 Å². The number of amidine groups is 2. The molecule has 3 atom stereocenters. The van der Waals surface area contributed by atoms with Crippen LogP contribution in [0, 0.1) is 0 Å². The van der Waals surface area contributed by atoms with Gasteiger partial charge < -0.3 is 25.2 Å². The van der Waals surface area contributed by atoms with Gasteiger partial charge in [0.15, 0.2) is 5.90 Å². The van der Waals surface area contributed by atoms with Crippen LogP contribution >= 0.6 is 0 Å². The van der Waals surface area contributed by atoms with Gasteiger partial charge >= 0.3 is 0 Å². The van der Waals surface area contributed by atoms with E-state index in [4.69, 9.17) is 26.0 Å². The molecule has 0 spiro atoms. The zero-order valence-corrected chi connectivity index (χ0v) is 21.7. The third kappa shape index (κ3) is 7.22. The smallest absolute Gasteiger partial charge is 0.193 e. The van der Waals surface area contributed by atoms with Crippen molar-refractivity contribution in [2.45, 2.75) is 64.0 Å². The number of hydrogen-bond donors (Lipinski definition) is 3. The highest BCUT2D eigenvalue weighted by Gasteiger charge is 2.24. The van der Waals surface area contributed by atoms with Gasteiger partial charge in [0.25, 0.3) is 0 Å². The number of pyridine rings is 1. The Balaban J connectivity index is 1.38. The number of rotatable bonds is 7. The second-order valence-electron chi connectivity index (χ2n) is 9.30. The molecule has 0 bridgehead atoms. The summed E-state index contributed by atoms with van der Waals surface area (Å²) >= 11 is 0. The molecule has 1 aromatic rings. The summed E-state index contributed by atoms with van der Waals surface area (Å²) in [6.45, 7) is 4.34. The van der Waals surface area contributed by atoms with E-state index in [1.54, 1.807) is 13.2 Å². The van der Waals surface area contributed by atoms with Crippen LogP contribution in [-0.4, -0.2) is 77.9 Å². The summed E-state index contributed by atoms with van der Waals surface area (Å²) in [5.41, 5.74) is 7.44. The first kappa shape index (κ1) is 26.9. The fourth-order valence-corrected chi connectivity index (χ4v) is 4.61. The van der Waals surface area contributed by atoms with Gasteiger partial charge in [0.1, 0.15) is 42.5 Å². The quantitative estimate of drug-likeness (QED) is 0.218. The molecule has 0 radical (unpaired) electrons. The van der Waals surface area contributed by atoms with Crippen LogP contribution in [-0.2, 0) is 16.1 Å². The normalized spacial score (nSPS) is 24.4. The van der Waals surface area contributed by atoms with E-state index in [1.807, 2.05) is 31.2 Å². The van der Waals surface area contributed by atoms with Crippen molar-refractivity contribution < 1.29 is 14.6 Å². The topological polar surface area (TPSA) is 147 Å². The van der Waals surface area contributed by atoms with E-state index in [0.29, 0.717) is 37.0 Å². The molecule has 200 valence electrons. The number of aliphatic imine (C=N–C) groups is 3. The summed E-state index contributed by atoms with van der Waals surface area (Å²) in [5, 5.41) is 11.7. The SMILES string of the molecule is COC1C=CC(CC(=NCN)N(N)C2=NC(C)N=C(OCc3cccc(N4CCCCC4)n3)C2)=CC1O. The number of nitrogens with zero attached hydrogens (tertiary/aromatic N) is 6.